The first kappa shape index (κ1) is 38.5. The molecular weight excluding hydrogens is 657 g/mol. The molecule has 0 N–H and O–H groups in total. The number of allylic oxidation sites excluding steroid dienone is 2. The van der Waals surface area contributed by atoms with E-state index in [2.05, 4.69) is 206 Å². The highest BCUT2D eigenvalue weighted by Gasteiger charge is 2.52. The van der Waals surface area contributed by atoms with Crippen LogP contribution in [0, 0.1) is 0 Å². The summed E-state index contributed by atoms with van der Waals surface area (Å²) in [6, 6.07) is 29.1. The van der Waals surface area contributed by atoms with Crippen LogP contribution in [-0.4, -0.2) is 15.2 Å². The standard InChI is InChI=1S/C50H66Si2/c1-47(2,3)35-27-33(28-36(31-35)48(4,5)6)39-19-17-21-43-41(39)23-25-45(43)51(13,14)52(15,16)46-26-24-42-40(20-18-22-44(42)46)34-29-37(49(7,8)9)32-38(30-34)50(10,11)12/h17-32,45-46H,1-16H3. The van der Waals surface area contributed by atoms with Crippen LogP contribution >= 0.6 is 0 Å². The van der Waals surface area contributed by atoms with Crippen LogP contribution < -0.4 is 0 Å². The highest BCUT2D eigenvalue weighted by Crippen LogP contribution is 2.51. The van der Waals surface area contributed by atoms with Crippen molar-refractivity contribution in [3.8, 4) is 22.3 Å². The molecule has 0 amide bonds. The number of benzene rings is 4. The number of hydrogen-bond donors (Lipinski definition) is 0. The van der Waals surface area contributed by atoms with Gasteiger partial charge in [-0.25, -0.2) is 0 Å². The summed E-state index contributed by atoms with van der Waals surface area (Å²) in [6.45, 7) is 39.0. The molecule has 2 heteroatoms. The molecule has 0 fully saturated rings. The van der Waals surface area contributed by atoms with Crippen LogP contribution in [0.3, 0.4) is 0 Å². The second kappa shape index (κ2) is 12.7. The van der Waals surface area contributed by atoms with Gasteiger partial charge in [-0.1, -0.05) is 206 Å². The largest absolute Gasteiger partial charge is 0.0794 e. The van der Waals surface area contributed by atoms with Gasteiger partial charge in [0.25, 0.3) is 0 Å². The maximum Gasteiger partial charge on any atom is 0.0548 e. The van der Waals surface area contributed by atoms with Crippen molar-refractivity contribution in [2.24, 2.45) is 0 Å². The van der Waals surface area contributed by atoms with E-state index in [0.29, 0.717) is 11.1 Å². The van der Waals surface area contributed by atoms with Crippen molar-refractivity contribution < 1.29 is 0 Å². The van der Waals surface area contributed by atoms with E-state index in [1.807, 2.05) is 0 Å². The molecule has 0 aromatic heterocycles. The van der Waals surface area contributed by atoms with Crippen molar-refractivity contribution >= 4 is 27.3 Å². The Morgan fingerprint density at radius 1 is 0.404 bits per heavy atom. The Balaban J connectivity index is 1.40. The fourth-order valence-corrected chi connectivity index (χ4v) is 19.7. The lowest BCUT2D eigenvalue weighted by molar-refractivity contribution is 0.568. The van der Waals surface area contributed by atoms with Crippen molar-refractivity contribution in [1.82, 2.24) is 0 Å². The van der Waals surface area contributed by atoms with Crippen LogP contribution in [0.4, 0.5) is 0 Å². The third-order valence-corrected chi connectivity index (χ3v) is 32.3. The van der Waals surface area contributed by atoms with E-state index in [9.17, 15) is 0 Å². The van der Waals surface area contributed by atoms with Crippen molar-refractivity contribution in [2.45, 2.75) is 142 Å². The zero-order valence-electron chi connectivity index (χ0n) is 35.4. The Morgan fingerprint density at radius 3 is 0.962 bits per heavy atom. The highest BCUT2D eigenvalue weighted by molar-refractivity contribution is 7.42. The molecule has 6 rings (SSSR count). The van der Waals surface area contributed by atoms with E-state index in [-0.39, 0.29) is 21.7 Å². The van der Waals surface area contributed by atoms with Crippen LogP contribution in [0.5, 0.6) is 0 Å². The Kier molecular flexibility index (Phi) is 9.40. The van der Waals surface area contributed by atoms with Gasteiger partial charge in [-0.2, -0.15) is 0 Å². The summed E-state index contributed by atoms with van der Waals surface area (Å²) in [5.74, 6) is 0. The topological polar surface area (TPSA) is 0 Å². The first-order chi connectivity index (χ1) is 23.8. The maximum absolute atomic E-state index is 2.71. The van der Waals surface area contributed by atoms with Crippen LogP contribution in [0.15, 0.2) is 84.9 Å². The lowest BCUT2D eigenvalue weighted by Crippen LogP contribution is -2.61. The Bertz CT molecular complexity index is 1860. The molecule has 2 aliphatic rings. The molecule has 2 atom stereocenters. The molecule has 0 saturated carbocycles. The summed E-state index contributed by atoms with van der Waals surface area (Å²) in [7, 11) is -3.70. The molecule has 274 valence electrons. The summed E-state index contributed by atoms with van der Waals surface area (Å²) in [5.41, 5.74) is 18.5. The fourth-order valence-electron chi connectivity index (χ4n) is 8.53. The molecule has 2 unspecified atom stereocenters. The molecular formula is C50H66Si2. The van der Waals surface area contributed by atoms with Gasteiger partial charge in [0.2, 0.25) is 0 Å². The minimum absolute atomic E-state index is 0.0894. The van der Waals surface area contributed by atoms with E-state index in [1.54, 1.807) is 11.1 Å². The predicted octanol–water partition coefficient (Wildman–Crippen LogP) is 14.7. The molecule has 0 spiro atoms. The average Bonchev–Trinajstić information content (AvgIpc) is 3.68. The van der Waals surface area contributed by atoms with Gasteiger partial charge in [0.1, 0.15) is 0 Å². The molecule has 0 nitrogen and oxygen atoms in total. The predicted molar refractivity (Wildman–Crippen MR) is 237 cm³/mol. The summed E-state index contributed by atoms with van der Waals surface area (Å²) in [6.07, 6.45) is 10.2. The molecule has 0 radical (unpaired) electrons. The summed E-state index contributed by atoms with van der Waals surface area (Å²) in [4.78, 5) is 0. The lowest BCUT2D eigenvalue weighted by atomic mass is 9.78. The molecule has 2 aliphatic carbocycles. The third kappa shape index (κ3) is 6.84. The highest BCUT2D eigenvalue weighted by atomic mass is 29.3. The molecule has 4 aromatic rings. The maximum atomic E-state index is 2.71. The van der Waals surface area contributed by atoms with Gasteiger partial charge in [0, 0.05) is 0 Å². The van der Waals surface area contributed by atoms with Gasteiger partial charge in [0.15, 0.2) is 0 Å². The minimum Gasteiger partial charge on any atom is -0.0794 e. The number of fused-ring (bicyclic) bond motifs is 2. The van der Waals surface area contributed by atoms with Gasteiger partial charge >= 0.3 is 0 Å². The first-order valence-corrected chi connectivity index (χ1v) is 26.9. The zero-order chi connectivity index (χ0) is 38.4. The second-order valence-electron chi connectivity index (χ2n) is 21.3. The quantitative estimate of drug-likeness (QED) is 0.180. The number of rotatable bonds is 5. The molecule has 4 aromatic carbocycles. The Morgan fingerprint density at radius 2 is 0.692 bits per heavy atom. The van der Waals surface area contributed by atoms with Crippen LogP contribution in [0.2, 0.25) is 26.2 Å². The van der Waals surface area contributed by atoms with Crippen molar-refractivity contribution in [3.05, 3.63) is 129 Å². The third-order valence-electron chi connectivity index (χ3n) is 13.0. The van der Waals surface area contributed by atoms with Gasteiger partial charge in [-0.15, -0.1) is 0 Å². The molecule has 0 aliphatic heterocycles. The summed E-state index contributed by atoms with van der Waals surface area (Å²) in [5, 5.41) is 0. The molecule has 0 bridgehead atoms. The zero-order valence-corrected chi connectivity index (χ0v) is 37.4. The van der Waals surface area contributed by atoms with Gasteiger partial charge in [-0.05, 0) is 99.5 Å². The summed E-state index contributed by atoms with van der Waals surface area (Å²) < 4.78 is 0. The van der Waals surface area contributed by atoms with E-state index in [0.717, 1.165) is 0 Å². The van der Waals surface area contributed by atoms with Crippen LogP contribution in [-0.2, 0) is 21.7 Å². The summed E-state index contributed by atoms with van der Waals surface area (Å²) >= 11 is 0. The normalized spacial score (nSPS) is 17.8. The van der Waals surface area contributed by atoms with Crippen LogP contribution in [0.25, 0.3) is 34.4 Å². The smallest absolute Gasteiger partial charge is 0.0548 e. The van der Waals surface area contributed by atoms with Crippen molar-refractivity contribution in [3.63, 3.8) is 0 Å². The second-order valence-corrected chi connectivity index (χ2v) is 37.2. The average molecular weight is 723 g/mol. The lowest BCUT2D eigenvalue weighted by Gasteiger charge is -2.46. The minimum atomic E-state index is -1.85. The van der Waals surface area contributed by atoms with Gasteiger partial charge in [0.05, 0.1) is 15.2 Å². The molecule has 0 saturated heterocycles. The first-order valence-electron chi connectivity index (χ1n) is 19.8. The Labute approximate surface area is 319 Å². The monoisotopic (exact) mass is 722 g/mol. The van der Waals surface area contributed by atoms with E-state index in [4.69, 9.17) is 0 Å². The fraction of sp³-hybridized carbons (Fsp3) is 0.440. The van der Waals surface area contributed by atoms with Gasteiger partial charge in [-0.3, -0.25) is 0 Å². The van der Waals surface area contributed by atoms with Crippen LogP contribution in [0.1, 0.15) is 139 Å². The van der Waals surface area contributed by atoms with Crippen molar-refractivity contribution in [1.29, 1.82) is 0 Å². The Hall–Kier alpha value is -3.21. The molecule has 0 heterocycles. The molecule has 52 heavy (non-hydrogen) atoms. The van der Waals surface area contributed by atoms with Gasteiger partial charge < -0.3 is 0 Å². The van der Waals surface area contributed by atoms with E-state index >= 15 is 0 Å². The van der Waals surface area contributed by atoms with Crippen molar-refractivity contribution in [2.75, 3.05) is 0 Å². The van der Waals surface area contributed by atoms with E-state index < -0.39 is 15.2 Å². The SMILES string of the molecule is CC(C)(C)c1cc(-c2cccc3c2C=CC3[Si](C)(C)[Si](C)(C)C2C=Cc3c(-c4cc(C(C)(C)C)cc(C(C)(C)C)c4)cccc32)cc(C(C)(C)C)c1. The van der Waals surface area contributed by atoms with E-state index in [1.165, 1.54) is 55.6 Å². The number of hydrogen-bond acceptors (Lipinski definition) is 0.